The van der Waals surface area contributed by atoms with Crippen LogP contribution in [-0.2, 0) is 4.79 Å². The van der Waals surface area contributed by atoms with Gasteiger partial charge in [-0.1, -0.05) is 84.3 Å². The van der Waals surface area contributed by atoms with Gasteiger partial charge in [0.1, 0.15) is 0 Å². The van der Waals surface area contributed by atoms with Crippen molar-refractivity contribution in [3.05, 3.63) is 12.2 Å². The fraction of sp³-hybridized carbons (Fsp3) is 0.880. The van der Waals surface area contributed by atoms with Crippen molar-refractivity contribution >= 4 is 5.91 Å². The van der Waals surface area contributed by atoms with E-state index in [1.54, 1.807) is 0 Å². The maximum absolute atomic E-state index is 11.8. The van der Waals surface area contributed by atoms with E-state index < -0.39 is 0 Å². The van der Waals surface area contributed by atoms with Crippen molar-refractivity contribution in [2.24, 2.45) is 0 Å². The molecule has 0 unspecified atom stereocenters. The number of nitrogens with zero attached hydrogens (tertiary/aromatic N) is 1. The summed E-state index contributed by atoms with van der Waals surface area (Å²) in [6.07, 6.45) is 23.4. The summed E-state index contributed by atoms with van der Waals surface area (Å²) in [6.45, 7) is 10.7. The highest BCUT2D eigenvalue weighted by Crippen LogP contribution is 2.10. The van der Waals surface area contributed by atoms with E-state index in [1.165, 1.54) is 77.0 Å². The highest BCUT2D eigenvalue weighted by molar-refractivity contribution is 5.75. The van der Waals surface area contributed by atoms with Gasteiger partial charge >= 0.3 is 0 Å². The summed E-state index contributed by atoms with van der Waals surface area (Å²) in [5.41, 5.74) is 0. The number of carbonyl (C=O) groups is 1. The molecule has 0 heterocycles. The van der Waals surface area contributed by atoms with Crippen LogP contribution in [0.3, 0.4) is 0 Å². The van der Waals surface area contributed by atoms with E-state index in [0.717, 1.165) is 39.0 Å². The zero-order chi connectivity index (χ0) is 20.7. The maximum atomic E-state index is 11.8. The van der Waals surface area contributed by atoms with Crippen molar-refractivity contribution in [2.75, 3.05) is 26.2 Å². The molecule has 0 saturated carbocycles. The lowest BCUT2D eigenvalue weighted by Gasteiger charge is -2.17. The summed E-state index contributed by atoms with van der Waals surface area (Å²) in [6, 6.07) is 0. The third-order valence-corrected chi connectivity index (χ3v) is 5.53. The molecule has 166 valence electrons. The summed E-state index contributed by atoms with van der Waals surface area (Å²) in [5, 5.41) is 3.06. The number of allylic oxidation sites excluding steroid dienone is 2. The number of amides is 1. The molecule has 28 heavy (non-hydrogen) atoms. The molecule has 1 N–H and O–H groups in total. The van der Waals surface area contributed by atoms with Crippen molar-refractivity contribution in [3.8, 4) is 0 Å². The standard InChI is InChI=1S/C25H50N2O/c1-4-7-8-9-10-11-12-13-14-15-16-17-18-19-20-22-25(28)26-23-21-24-27(5-2)6-3/h13-14H,4-12,15-24H2,1-3H3,(H,26,28). The first kappa shape index (κ1) is 27.2. The Labute approximate surface area is 176 Å². The van der Waals surface area contributed by atoms with Gasteiger partial charge in [-0.25, -0.2) is 0 Å². The Morgan fingerprint density at radius 2 is 1.25 bits per heavy atom. The molecule has 3 nitrogen and oxygen atoms in total. The SMILES string of the molecule is CCCCCCCCC=CCCCCCCCC(=O)NCCCN(CC)CC. The highest BCUT2D eigenvalue weighted by Gasteiger charge is 2.02. The Morgan fingerprint density at radius 3 is 1.82 bits per heavy atom. The Balaban J connectivity index is 3.27. The predicted molar refractivity (Wildman–Crippen MR) is 125 cm³/mol. The largest absolute Gasteiger partial charge is 0.356 e. The maximum Gasteiger partial charge on any atom is 0.219 e. The van der Waals surface area contributed by atoms with Gasteiger partial charge in [-0.2, -0.15) is 0 Å². The third kappa shape index (κ3) is 19.9. The van der Waals surface area contributed by atoms with Gasteiger partial charge in [0, 0.05) is 13.0 Å². The molecule has 0 saturated heterocycles. The van der Waals surface area contributed by atoms with Crippen LogP contribution >= 0.6 is 0 Å². The zero-order valence-corrected chi connectivity index (χ0v) is 19.4. The topological polar surface area (TPSA) is 32.3 Å². The first-order valence-corrected chi connectivity index (χ1v) is 12.4. The molecule has 0 radical (unpaired) electrons. The molecule has 0 aliphatic carbocycles. The van der Waals surface area contributed by atoms with Gasteiger partial charge in [0.05, 0.1) is 0 Å². The Morgan fingerprint density at radius 1 is 0.714 bits per heavy atom. The van der Waals surface area contributed by atoms with E-state index in [0.29, 0.717) is 6.42 Å². The van der Waals surface area contributed by atoms with Crippen LogP contribution in [0.4, 0.5) is 0 Å². The molecule has 0 spiro atoms. The van der Waals surface area contributed by atoms with Gasteiger partial charge in [-0.15, -0.1) is 0 Å². The van der Waals surface area contributed by atoms with Gasteiger partial charge in [-0.05, 0) is 58.2 Å². The number of nitrogens with one attached hydrogen (secondary N) is 1. The van der Waals surface area contributed by atoms with Gasteiger partial charge in [0.25, 0.3) is 0 Å². The van der Waals surface area contributed by atoms with Gasteiger partial charge in [-0.3, -0.25) is 4.79 Å². The second kappa shape index (κ2) is 22.5. The lowest BCUT2D eigenvalue weighted by atomic mass is 10.1. The van der Waals surface area contributed by atoms with Crippen LogP contribution in [0.25, 0.3) is 0 Å². The number of carbonyl (C=O) groups excluding carboxylic acids is 1. The third-order valence-electron chi connectivity index (χ3n) is 5.53. The van der Waals surface area contributed by atoms with E-state index >= 15 is 0 Å². The fourth-order valence-electron chi connectivity index (χ4n) is 3.51. The van der Waals surface area contributed by atoms with E-state index in [2.05, 4.69) is 43.1 Å². The van der Waals surface area contributed by atoms with Crippen molar-refractivity contribution in [2.45, 2.75) is 117 Å². The molecular formula is C25H50N2O. The number of hydrogen-bond acceptors (Lipinski definition) is 2. The van der Waals surface area contributed by atoms with Gasteiger partial charge in [0.2, 0.25) is 5.91 Å². The van der Waals surface area contributed by atoms with Crippen molar-refractivity contribution < 1.29 is 4.79 Å². The Bertz CT molecular complexity index is 350. The summed E-state index contributed by atoms with van der Waals surface area (Å²) >= 11 is 0. The van der Waals surface area contributed by atoms with E-state index in [1.807, 2.05) is 0 Å². The highest BCUT2D eigenvalue weighted by atomic mass is 16.1. The molecule has 0 aromatic heterocycles. The van der Waals surface area contributed by atoms with Crippen molar-refractivity contribution in [3.63, 3.8) is 0 Å². The molecule has 0 aliphatic heterocycles. The van der Waals surface area contributed by atoms with Crippen LogP contribution in [0.1, 0.15) is 117 Å². The normalized spacial score (nSPS) is 11.6. The average Bonchev–Trinajstić information content (AvgIpc) is 2.71. The Kier molecular flexibility index (Phi) is 21.8. The molecule has 3 heteroatoms. The van der Waals surface area contributed by atoms with Crippen LogP contribution in [-0.4, -0.2) is 37.0 Å². The molecule has 1 amide bonds. The molecule has 0 atom stereocenters. The van der Waals surface area contributed by atoms with Gasteiger partial charge in [0.15, 0.2) is 0 Å². The predicted octanol–water partition coefficient (Wildman–Crippen LogP) is 6.87. The monoisotopic (exact) mass is 394 g/mol. The smallest absolute Gasteiger partial charge is 0.219 e. The van der Waals surface area contributed by atoms with E-state index in [-0.39, 0.29) is 5.91 Å². The summed E-state index contributed by atoms with van der Waals surface area (Å²) < 4.78 is 0. The molecule has 0 fully saturated rings. The molecule has 0 bridgehead atoms. The van der Waals surface area contributed by atoms with Crippen LogP contribution in [0, 0.1) is 0 Å². The number of unbranched alkanes of at least 4 members (excludes halogenated alkanes) is 11. The minimum atomic E-state index is 0.233. The minimum absolute atomic E-state index is 0.233. The molecule has 0 aromatic carbocycles. The minimum Gasteiger partial charge on any atom is -0.356 e. The second-order valence-corrected chi connectivity index (χ2v) is 8.06. The number of hydrogen-bond donors (Lipinski definition) is 1. The first-order valence-electron chi connectivity index (χ1n) is 12.4. The van der Waals surface area contributed by atoms with Crippen molar-refractivity contribution in [1.29, 1.82) is 0 Å². The Hall–Kier alpha value is -0.830. The van der Waals surface area contributed by atoms with Crippen LogP contribution < -0.4 is 5.32 Å². The fourth-order valence-corrected chi connectivity index (χ4v) is 3.51. The molecule has 0 rings (SSSR count). The van der Waals surface area contributed by atoms with Crippen LogP contribution in [0.5, 0.6) is 0 Å². The second-order valence-electron chi connectivity index (χ2n) is 8.06. The van der Waals surface area contributed by atoms with E-state index in [4.69, 9.17) is 0 Å². The lowest BCUT2D eigenvalue weighted by Crippen LogP contribution is -2.29. The molecular weight excluding hydrogens is 344 g/mol. The summed E-state index contributed by atoms with van der Waals surface area (Å²) in [4.78, 5) is 14.2. The number of rotatable bonds is 21. The van der Waals surface area contributed by atoms with Crippen LogP contribution in [0.2, 0.25) is 0 Å². The summed E-state index contributed by atoms with van der Waals surface area (Å²) in [5.74, 6) is 0.233. The summed E-state index contributed by atoms with van der Waals surface area (Å²) in [7, 11) is 0. The van der Waals surface area contributed by atoms with E-state index in [9.17, 15) is 4.79 Å². The van der Waals surface area contributed by atoms with Crippen molar-refractivity contribution in [1.82, 2.24) is 10.2 Å². The molecule has 0 aromatic rings. The first-order chi connectivity index (χ1) is 13.7. The van der Waals surface area contributed by atoms with Gasteiger partial charge < -0.3 is 10.2 Å². The zero-order valence-electron chi connectivity index (χ0n) is 19.4. The quantitative estimate of drug-likeness (QED) is 0.170. The molecule has 0 aliphatic rings. The lowest BCUT2D eigenvalue weighted by molar-refractivity contribution is -0.121. The van der Waals surface area contributed by atoms with Crippen LogP contribution in [0.15, 0.2) is 12.2 Å². The average molecular weight is 395 g/mol.